The fraction of sp³-hybridized carbons (Fsp3) is 0.263. The zero-order valence-electron chi connectivity index (χ0n) is 15.4. The van der Waals surface area contributed by atoms with Crippen molar-refractivity contribution in [3.63, 3.8) is 0 Å². The van der Waals surface area contributed by atoms with Gasteiger partial charge in [0.15, 0.2) is 0 Å². The molecule has 0 unspecified atom stereocenters. The van der Waals surface area contributed by atoms with Crippen molar-refractivity contribution in [3.8, 4) is 0 Å². The molecule has 27 heavy (non-hydrogen) atoms. The van der Waals surface area contributed by atoms with Gasteiger partial charge in [-0.1, -0.05) is 19.9 Å². The van der Waals surface area contributed by atoms with E-state index in [2.05, 4.69) is 20.8 Å². The molecule has 3 aromatic rings. The normalized spacial score (nSPS) is 11.4. The van der Waals surface area contributed by atoms with Crippen LogP contribution in [-0.2, 0) is 16.1 Å². The first kappa shape index (κ1) is 18.4. The van der Waals surface area contributed by atoms with Crippen molar-refractivity contribution < 1.29 is 14.0 Å². The van der Waals surface area contributed by atoms with Crippen LogP contribution in [0.2, 0.25) is 0 Å². The largest absolute Gasteiger partial charge is 0.421 e. The summed E-state index contributed by atoms with van der Waals surface area (Å²) in [5, 5.41) is 14.2. The van der Waals surface area contributed by atoms with E-state index in [9.17, 15) is 9.59 Å². The van der Waals surface area contributed by atoms with Crippen LogP contribution in [0.25, 0.3) is 17.0 Å². The first-order valence-corrected chi connectivity index (χ1v) is 8.58. The number of nitrogens with one attached hydrogen (secondary N) is 2. The van der Waals surface area contributed by atoms with Gasteiger partial charge in [-0.05, 0) is 23.6 Å². The fourth-order valence-corrected chi connectivity index (χ4v) is 2.51. The zero-order valence-corrected chi connectivity index (χ0v) is 15.4. The van der Waals surface area contributed by atoms with Crippen molar-refractivity contribution in [3.05, 3.63) is 48.3 Å². The number of benzene rings is 1. The van der Waals surface area contributed by atoms with Gasteiger partial charge in [-0.15, -0.1) is 10.2 Å². The predicted octanol–water partition coefficient (Wildman–Crippen LogP) is 2.55. The molecule has 0 bridgehead atoms. The van der Waals surface area contributed by atoms with Gasteiger partial charge in [0.1, 0.15) is 6.54 Å². The molecule has 0 saturated carbocycles. The third-order valence-electron chi connectivity index (χ3n) is 3.96. The molecule has 1 aromatic carbocycles. The van der Waals surface area contributed by atoms with Gasteiger partial charge in [0.25, 0.3) is 0 Å². The lowest BCUT2D eigenvalue weighted by Gasteiger charge is -2.06. The summed E-state index contributed by atoms with van der Waals surface area (Å²) >= 11 is 0. The molecule has 2 heterocycles. The Morgan fingerprint density at radius 3 is 2.78 bits per heavy atom. The highest BCUT2D eigenvalue weighted by atomic mass is 16.4. The SMILES string of the molecule is CNC(=O)Cn1ccc2ccc(NC(=O)/C=C/c3nnc(C(C)C)o3)cc21. The van der Waals surface area contributed by atoms with Gasteiger partial charge in [0.2, 0.25) is 23.6 Å². The van der Waals surface area contributed by atoms with Crippen molar-refractivity contribution in [2.75, 3.05) is 12.4 Å². The zero-order chi connectivity index (χ0) is 19.4. The number of amides is 2. The maximum Gasteiger partial charge on any atom is 0.248 e. The molecule has 0 radical (unpaired) electrons. The molecule has 140 valence electrons. The lowest BCUT2D eigenvalue weighted by Crippen LogP contribution is -2.23. The second-order valence-corrected chi connectivity index (χ2v) is 6.35. The maximum atomic E-state index is 12.2. The molecule has 0 aliphatic rings. The molecular weight excluding hydrogens is 346 g/mol. The summed E-state index contributed by atoms with van der Waals surface area (Å²) < 4.78 is 7.25. The van der Waals surface area contributed by atoms with Gasteiger partial charge in [-0.25, -0.2) is 0 Å². The highest BCUT2D eigenvalue weighted by Gasteiger charge is 2.09. The Labute approximate surface area is 156 Å². The van der Waals surface area contributed by atoms with E-state index in [1.54, 1.807) is 7.05 Å². The molecule has 0 fully saturated rings. The summed E-state index contributed by atoms with van der Waals surface area (Å²) in [6, 6.07) is 7.45. The van der Waals surface area contributed by atoms with Crippen molar-refractivity contribution in [1.29, 1.82) is 0 Å². The Morgan fingerprint density at radius 1 is 1.26 bits per heavy atom. The van der Waals surface area contributed by atoms with Crippen LogP contribution < -0.4 is 10.6 Å². The summed E-state index contributed by atoms with van der Waals surface area (Å²) in [5.41, 5.74) is 1.49. The number of likely N-dealkylation sites (N-methyl/N-ethyl adjacent to an activating group) is 1. The van der Waals surface area contributed by atoms with Crippen LogP contribution in [-0.4, -0.2) is 33.6 Å². The third kappa shape index (κ3) is 4.41. The van der Waals surface area contributed by atoms with Crippen LogP contribution in [0.4, 0.5) is 5.69 Å². The highest BCUT2D eigenvalue weighted by molar-refractivity contribution is 6.02. The average Bonchev–Trinajstić information content (AvgIpc) is 3.27. The van der Waals surface area contributed by atoms with E-state index in [1.807, 2.05) is 48.9 Å². The summed E-state index contributed by atoms with van der Waals surface area (Å²) in [6.45, 7) is 4.11. The molecule has 8 heteroatoms. The van der Waals surface area contributed by atoms with Crippen LogP contribution in [0.3, 0.4) is 0 Å². The minimum Gasteiger partial charge on any atom is -0.421 e. The standard InChI is InChI=1S/C19H21N5O3/c1-12(2)19-23-22-18(27-19)7-6-16(25)21-14-5-4-13-8-9-24(15(13)10-14)11-17(26)20-3/h4-10,12H,11H2,1-3H3,(H,20,26)(H,21,25)/b7-6+. The Balaban J connectivity index is 1.71. The minimum absolute atomic E-state index is 0.0924. The van der Waals surface area contributed by atoms with Gasteiger partial charge in [0.05, 0.1) is 5.52 Å². The van der Waals surface area contributed by atoms with Gasteiger partial charge in [-0.3, -0.25) is 9.59 Å². The summed E-state index contributed by atoms with van der Waals surface area (Å²) in [7, 11) is 1.60. The van der Waals surface area contributed by atoms with E-state index in [-0.39, 0.29) is 30.2 Å². The Hall–Kier alpha value is -3.42. The van der Waals surface area contributed by atoms with Gasteiger partial charge in [-0.2, -0.15) is 0 Å². The first-order chi connectivity index (χ1) is 13.0. The number of hydrogen-bond donors (Lipinski definition) is 2. The average molecular weight is 367 g/mol. The molecule has 0 saturated heterocycles. The van der Waals surface area contributed by atoms with Gasteiger partial charge in [0, 0.05) is 37.0 Å². The Kier molecular flexibility index (Phi) is 5.35. The molecule has 2 aromatic heterocycles. The third-order valence-corrected chi connectivity index (χ3v) is 3.96. The van der Waals surface area contributed by atoms with Crippen molar-refractivity contribution in [2.24, 2.45) is 0 Å². The van der Waals surface area contributed by atoms with Crippen LogP contribution in [0.15, 0.2) is 41.0 Å². The molecule has 2 amide bonds. The number of carbonyl (C=O) groups excluding carboxylic acids is 2. The number of rotatable bonds is 6. The maximum absolute atomic E-state index is 12.2. The van der Waals surface area contributed by atoms with Crippen LogP contribution in [0.5, 0.6) is 0 Å². The van der Waals surface area contributed by atoms with Crippen LogP contribution in [0, 0.1) is 0 Å². The highest BCUT2D eigenvalue weighted by Crippen LogP contribution is 2.21. The molecule has 0 aliphatic carbocycles. The van der Waals surface area contributed by atoms with Gasteiger partial charge >= 0.3 is 0 Å². The van der Waals surface area contributed by atoms with E-state index >= 15 is 0 Å². The van der Waals surface area contributed by atoms with E-state index in [0.717, 1.165) is 10.9 Å². The van der Waals surface area contributed by atoms with Crippen LogP contribution in [0.1, 0.15) is 31.5 Å². The van der Waals surface area contributed by atoms with E-state index < -0.39 is 0 Å². The smallest absolute Gasteiger partial charge is 0.248 e. The van der Waals surface area contributed by atoms with E-state index in [1.165, 1.54) is 12.2 Å². The molecule has 8 nitrogen and oxygen atoms in total. The quantitative estimate of drug-likeness (QED) is 0.652. The number of nitrogens with zero attached hydrogens (tertiary/aromatic N) is 3. The predicted molar refractivity (Wildman–Crippen MR) is 102 cm³/mol. The summed E-state index contributed by atoms with van der Waals surface area (Å²) in [6.07, 6.45) is 4.65. The number of carbonyl (C=O) groups is 2. The van der Waals surface area contributed by atoms with E-state index in [0.29, 0.717) is 11.6 Å². The molecule has 0 atom stereocenters. The second-order valence-electron chi connectivity index (χ2n) is 6.35. The fourth-order valence-electron chi connectivity index (χ4n) is 2.51. The lowest BCUT2D eigenvalue weighted by atomic mass is 10.2. The minimum atomic E-state index is -0.317. The molecular formula is C19H21N5O3. The summed E-state index contributed by atoms with van der Waals surface area (Å²) in [5.74, 6) is 0.528. The second kappa shape index (κ2) is 7.86. The Bertz CT molecular complexity index is 1000. The van der Waals surface area contributed by atoms with Crippen LogP contribution >= 0.6 is 0 Å². The first-order valence-electron chi connectivity index (χ1n) is 8.58. The van der Waals surface area contributed by atoms with E-state index in [4.69, 9.17) is 4.42 Å². The monoisotopic (exact) mass is 367 g/mol. The van der Waals surface area contributed by atoms with Gasteiger partial charge < -0.3 is 19.6 Å². The molecule has 3 rings (SSSR count). The molecule has 0 spiro atoms. The van der Waals surface area contributed by atoms with Crippen molar-refractivity contribution in [1.82, 2.24) is 20.1 Å². The topological polar surface area (TPSA) is 102 Å². The summed E-state index contributed by atoms with van der Waals surface area (Å²) in [4.78, 5) is 23.8. The lowest BCUT2D eigenvalue weighted by molar-refractivity contribution is -0.121. The molecule has 2 N–H and O–H groups in total. The molecule has 0 aliphatic heterocycles. The number of aromatic nitrogens is 3. The Morgan fingerprint density at radius 2 is 2.07 bits per heavy atom. The number of fused-ring (bicyclic) bond motifs is 1. The number of hydrogen-bond acceptors (Lipinski definition) is 5. The number of anilines is 1. The van der Waals surface area contributed by atoms with Crippen molar-refractivity contribution >= 4 is 34.5 Å². The van der Waals surface area contributed by atoms with Crippen molar-refractivity contribution in [2.45, 2.75) is 26.3 Å².